The molecule has 4 nitrogen and oxygen atoms in total. The van der Waals surface area contributed by atoms with E-state index in [1.165, 1.54) is 18.2 Å². The zero-order valence-corrected chi connectivity index (χ0v) is 20.6. The van der Waals surface area contributed by atoms with Crippen LogP contribution in [0.15, 0.2) is 72.8 Å². The first-order chi connectivity index (χ1) is 18.0. The summed E-state index contributed by atoms with van der Waals surface area (Å²) in [7, 11) is 0. The molecule has 1 aliphatic heterocycles. The molecule has 37 heavy (non-hydrogen) atoms. The molecule has 1 N–H and O–H groups in total. The number of amides is 1. The number of carbonyl (C=O) groups excluding carboxylic acids is 1. The van der Waals surface area contributed by atoms with Gasteiger partial charge in [0.2, 0.25) is 5.91 Å². The highest BCUT2D eigenvalue weighted by molar-refractivity contribution is 5.95. The van der Waals surface area contributed by atoms with Crippen molar-refractivity contribution in [2.75, 3.05) is 4.90 Å². The molecule has 3 aromatic carbocycles. The molecule has 6 rings (SSSR count). The quantitative estimate of drug-likeness (QED) is 0.277. The average Bonchev–Trinajstić information content (AvgIpc) is 3.26. The van der Waals surface area contributed by atoms with Gasteiger partial charge < -0.3 is 9.88 Å². The Morgan fingerprint density at radius 2 is 1.84 bits per heavy atom. The summed E-state index contributed by atoms with van der Waals surface area (Å²) < 4.78 is 28.0. The fraction of sp³-hybridized carbons (Fsp3) is 0.226. The number of hydrogen-bond acceptors (Lipinski definition) is 2. The molecule has 186 valence electrons. The minimum absolute atomic E-state index is 0.0245. The van der Waals surface area contributed by atoms with E-state index in [0.717, 1.165) is 62.8 Å². The van der Waals surface area contributed by atoms with Gasteiger partial charge in [0.1, 0.15) is 11.6 Å². The molecule has 1 amide bonds. The number of anilines is 1. The van der Waals surface area contributed by atoms with Crippen molar-refractivity contribution >= 4 is 33.4 Å². The van der Waals surface area contributed by atoms with Gasteiger partial charge in [-0.1, -0.05) is 24.3 Å². The largest absolute Gasteiger partial charge is 0.353 e. The van der Waals surface area contributed by atoms with Crippen LogP contribution in [-0.4, -0.2) is 21.9 Å². The van der Waals surface area contributed by atoms with Crippen LogP contribution in [0.4, 0.5) is 14.5 Å². The maximum atomic E-state index is 14.2. The molecule has 1 atom stereocenters. The Kier molecular flexibility index (Phi) is 5.95. The number of carbonyl (C=O) groups is 1. The number of benzene rings is 3. The topological polar surface area (TPSA) is 49.0 Å². The molecule has 0 radical (unpaired) electrons. The van der Waals surface area contributed by atoms with E-state index in [-0.39, 0.29) is 23.6 Å². The van der Waals surface area contributed by atoms with Gasteiger partial charge in [-0.15, -0.1) is 0 Å². The van der Waals surface area contributed by atoms with Gasteiger partial charge in [-0.05, 0) is 92.3 Å². The third-order valence-electron chi connectivity index (χ3n) is 7.38. The van der Waals surface area contributed by atoms with Gasteiger partial charge in [-0.2, -0.15) is 0 Å². The molecule has 1 aliphatic rings. The number of rotatable bonds is 5. The van der Waals surface area contributed by atoms with Crippen LogP contribution in [0.1, 0.15) is 37.3 Å². The lowest BCUT2D eigenvalue weighted by atomic mass is 9.95. The van der Waals surface area contributed by atoms with Crippen molar-refractivity contribution in [3.63, 3.8) is 0 Å². The number of halogens is 2. The second-order valence-electron chi connectivity index (χ2n) is 9.84. The first-order valence-electron chi connectivity index (χ1n) is 12.7. The van der Waals surface area contributed by atoms with Crippen molar-refractivity contribution in [1.29, 1.82) is 0 Å². The fourth-order valence-electron chi connectivity index (χ4n) is 5.54. The molecule has 0 fully saturated rings. The zero-order valence-electron chi connectivity index (χ0n) is 20.6. The first kappa shape index (κ1) is 23.3. The van der Waals surface area contributed by atoms with Crippen LogP contribution < -0.4 is 4.90 Å². The molecular weight excluding hydrogens is 468 g/mol. The number of para-hydroxylation sites is 1. The van der Waals surface area contributed by atoms with Crippen molar-refractivity contribution in [1.82, 2.24) is 9.97 Å². The number of nitrogens with zero attached hydrogens (tertiary/aromatic N) is 2. The van der Waals surface area contributed by atoms with Crippen LogP contribution in [0.25, 0.3) is 33.2 Å². The van der Waals surface area contributed by atoms with E-state index in [4.69, 9.17) is 4.98 Å². The number of aromatic amines is 1. The lowest BCUT2D eigenvalue weighted by Gasteiger charge is -2.35. The summed E-state index contributed by atoms with van der Waals surface area (Å²) in [4.78, 5) is 23.5. The summed E-state index contributed by atoms with van der Waals surface area (Å²) in [5, 5.41) is 1.86. The second kappa shape index (κ2) is 9.43. The van der Waals surface area contributed by atoms with Gasteiger partial charge in [-0.25, -0.2) is 13.8 Å². The molecule has 0 aliphatic carbocycles. The number of pyridine rings is 1. The van der Waals surface area contributed by atoms with E-state index in [2.05, 4.69) is 4.98 Å². The molecule has 2 aromatic heterocycles. The summed E-state index contributed by atoms with van der Waals surface area (Å²) in [5.41, 5.74) is 6.01. The number of fused-ring (bicyclic) bond motifs is 3. The number of nitrogens with one attached hydrogen (secondary N) is 1. The molecule has 0 bridgehead atoms. The van der Waals surface area contributed by atoms with Gasteiger partial charge in [-0.3, -0.25) is 4.79 Å². The van der Waals surface area contributed by atoms with E-state index < -0.39 is 0 Å². The van der Waals surface area contributed by atoms with Gasteiger partial charge in [0, 0.05) is 34.4 Å². The van der Waals surface area contributed by atoms with Gasteiger partial charge in [0.25, 0.3) is 0 Å². The highest BCUT2D eigenvalue weighted by Gasteiger charge is 2.28. The third kappa shape index (κ3) is 4.37. The maximum Gasteiger partial charge on any atom is 0.227 e. The van der Waals surface area contributed by atoms with E-state index in [1.807, 2.05) is 48.2 Å². The zero-order chi connectivity index (χ0) is 25.5. The van der Waals surface area contributed by atoms with Gasteiger partial charge in [0.05, 0.1) is 16.9 Å². The number of aromatic nitrogens is 2. The van der Waals surface area contributed by atoms with Crippen LogP contribution in [-0.2, 0) is 17.6 Å². The van der Waals surface area contributed by atoms with Crippen LogP contribution in [0.2, 0.25) is 0 Å². The molecule has 6 heteroatoms. The SMILES string of the molecule is CC1CCc2cc(F)ccc2N1C(=O)CCCc1c(-c2ccc3ccccc3n2)[nH]c2ccc(F)cc12. The number of H-pyrrole nitrogens is 1. The van der Waals surface area contributed by atoms with E-state index in [1.54, 1.807) is 18.2 Å². The number of aryl methyl sites for hydroxylation is 2. The average molecular weight is 496 g/mol. The molecular formula is C31H27F2N3O. The van der Waals surface area contributed by atoms with Gasteiger partial charge >= 0.3 is 0 Å². The molecule has 0 spiro atoms. The van der Waals surface area contributed by atoms with Crippen LogP contribution >= 0.6 is 0 Å². The third-order valence-corrected chi connectivity index (χ3v) is 7.38. The van der Waals surface area contributed by atoms with Crippen molar-refractivity contribution in [2.24, 2.45) is 0 Å². The maximum absolute atomic E-state index is 14.2. The fourth-order valence-corrected chi connectivity index (χ4v) is 5.54. The summed E-state index contributed by atoms with van der Waals surface area (Å²) in [5.74, 6) is -0.550. The minimum atomic E-state index is -0.298. The summed E-state index contributed by atoms with van der Waals surface area (Å²) >= 11 is 0. The Morgan fingerprint density at radius 1 is 1.03 bits per heavy atom. The molecule has 5 aromatic rings. The van der Waals surface area contributed by atoms with Crippen LogP contribution in [0.5, 0.6) is 0 Å². The second-order valence-corrected chi connectivity index (χ2v) is 9.84. The predicted octanol–water partition coefficient (Wildman–Crippen LogP) is 7.35. The minimum Gasteiger partial charge on any atom is -0.353 e. The molecule has 1 unspecified atom stereocenters. The Bertz CT molecular complexity index is 1640. The van der Waals surface area contributed by atoms with Gasteiger partial charge in [0.15, 0.2) is 0 Å². The van der Waals surface area contributed by atoms with Crippen molar-refractivity contribution in [3.8, 4) is 11.4 Å². The molecule has 0 saturated heterocycles. The lowest BCUT2D eigenvalue weighted by molar-refractivity contribution is -0.119. The number of hydrogen-bond donors (Lipinski definition) is 1. The monoisotopic (exact) mass is 495 g/mol. The summed E-state index contributed by atoms with van der Waals surface area (Å²) in [6, 6.07) is 21.4. The van der Waals surface area contributed by atoms with Crippen LogP contribution in [0, 0.1) is 11.6 Å². The van der Waals surface area contributed by atoms with E-state index in [0.29, 0.717) is 19.3 Å². The first-order valence-corrected chi connectivity index (χ1v) is 12.7. The molecule has 3 heterocycles. The lowest BCUT2D eigenvalue weighted by Crippen LogP contribution is -2.42. The standard InChI is InChI=1S/C31H27F2N3O/c1-19-9-10-21-17-22(32)13-16-29(21)36(19)30(37)8-4-6-24-25-18-23(33)12-15-27(25)35-31(24)28-14-11-20-5-2-3-7-26(20)34-28/h2-3,5,7,11-19,35H,4,6,8-10H2,1H3. The highest BCUT2D eigenvalue weighted by atomic mass is 19.1. The van der Waals surface area contributed by atoms with Crippen LogP contribution in [0.3, 0.4) is 0 Å². The van der Waals surface area contributed by atoms with Crippen molar-refractivity contribution < 1.29 is 13.6 Å². The molecule has 0 saturated carbocycles. The Labute approximate surface area is 214 Å². The smallest absolute Gasteiger partial charge is 0.227 e. The van der Waals surface area contributed by atoms with E-state index in [9.17, 15) is 13.6 Å². The van der Waals surface area contributed by atoms with E-state index >= 15 is 0 Å². The normalized spacial score (nSPS) is 15.3. The van der Waals surface area contributed by atoms with Crippen molar-refractivity contribution in [3.05, 3.63) is 95.6 Å². The summed E-state index contributed by atoms with van der Waals surface area (Å²) in [6.45, 7) is 2.04. The summed E-state index contributed by atoms with van der Waals surface area (Å²) in [6.07, 6.45) is 3.11. The Hall–Kier alpha value is -4.06. The Balaban J connectivity index is 1.29. The highest BCUT2D eigenvalue weighted by Crippen LogP contribution is 2.34. The Morgan fingerprint density at radius 3 is 2.73 bits per heavy atom. The predicted molar refractivity (Wildman–Crippen MR) is 144 cm³/mol. The van der Waals surface area contributed by atoms with Crippen molar-refractivity contribution in [2.45, 2.75) is 45.1 Å².